The lowest BCUT2D eigenvalue weighted by atomic mass is 10.0. The molecule has 30 heavy (non-hydrogen) atoms. The van der Waals surface area contributed by atoms with Gasteiger partial charge in [0.15, 0.2) is 0 Å². The lowest BCUT2D eigenvalue weighted by Gasteiger charge is -2.21. The summed E-state index contributed by atoms with van der Waals surface area (Å²) in [5.41, 5.74) is 4.18. The molecule has 0 bridgehead atoms. The molecular formula is C23H23N5OS. The Kier molecular flexibility index (Phi) is 5.90. The van der Waals surface area contributed by atoms with Gasteiger partial charge >= 0.3 is 6.03 Å². The average molecular weight is 418 g/mol. The van der Waals surface area contributed by atoms with E-state index < -0.39 is 0 Å². The highest BCUT2D eigenvalue weighted by Crippen LogP contribution is 2.26. The van der Waals surface area contributed by atoms with Crippen molar-refractivity contribution in [2.45, 2.75) is 25.9 Å². The highest BCUT2D eigenvalue weighted by Gasteiger charge is 2.19. The molecule has 0 aliphatic heterocycles. The highest BCUT2D eigenvalue weighted by atomic mass is 32.1. The Morgan fingerprint density at radius 3 is 2.37 bits per heavy atom. The largest absolute Gasteiger partial charge is 0.332 e. The Bertz CT molecular complexity index is 1070. The molecule has 0 unspecified atom stereocenters. The van der Waals surface area contributed by atoms with Crippen LogP contribution in [0.2, 0.25) is 0 Å². The standard InChI is InChI=1S/C23H23N5OS/c1-16-5-7-19(8-6-16)22(21-4-3-13-30-21)27-23(29)26-17(2)18-9-11-20(12-10-18)28-15-24-14-25-28/h3-15,17,22H,1-2H3,(H2,26,27,29)/t17-,22+/m1/s1. The van der Waals surface area contributed by atoms with Gasteiger partial charge in [0.2, 0.25) is 0 Å². The summed E-state index contributed by atoms with van der Waals surface area (Å²) in [7, 11) is 0. The van der Waals surface area contributed by atoms with E-state index in [2.05, 4.69) is 51.9 Å². The van der Waals surface area contributed by atoms with Crippen molar-refractivity contribution >= 4 is 17.4 Å². The van der Waals surface area contributed by atoms with E-state index in [-0.39, 0.29) is 18.1 Å². The van der Waals surface area contributed by atoms with Crippen molar-refractivity contribution in [1.29, 1.82) is 0 Å². The fraction of sp³-hybridized carbons (Fsp3) is 0.174. The Hall–Kier alpha value is -3.45. The number of rotatable bonds is 6. The second-order valence-corrected chi connectivity index (χ2v) is 8.11. The van der Waals surface area contributed by atoms with Crippen LogP contribution in [0.1, 0.15) is 40.6 Å². The molecule has 0 saturated carbocycles. The van der Waals surface area contributed by atoms with E-state index in [9.17, 15) is 4.79 Å². The zero-order chi connectivity index (χ0) is 20.9. The van der Waals surface area contributed by atoms with Gasteiger partial charge in [-0.25, -0.2) is 14.5 Å². The Morgan fingerprint density at radius 2 is 1.73 bits per heavy atom. The zero-order valence-corrected chi connectivity index (χ0v) is 17.6. The van der Waals surface area contributed by atoms with Crippen LogP contribution in [0, 0.1) is 6.92 Å². The van der Waals surface area contributed by atoms with Crippen molar-refractivity contribution in [3.05, 3.63) is 100 Å². The fourth-order valence-electron chi connectivity index (χ4n) is 3.24. The van der Waals surface area contributed by atoms with Crippen molar-refractivity contribution < 1.29 is 4.79 Å². The van der Waals surface area contributed by atoms with Crippen molar-refractivity contribution in [2.75, 3.05) is 0 Å². The average Bonchev–Trinajstić information content (AvgIpc) is 3.47. The quantitative estimate of drug-likeness (QED) is 0.474. The molecule has 4 aromatic rings. The number of amides is 2. The van der Waals surface area contributed by atoms with Crippen LogP contribution in [-0.2, 0) is 0 Å². The molecule has 4 rings (SSSR count). The Morgan fingerprint density at radius 1 is 1.00 bits per heavy atom. The smallest absolute Gasteiger partial charge is 0.316 e. The van der Waals surface area contributed by atoms with Gasteiger partial charge in [-0.1, -0.05) is 48.0 Å². The van der Waals surface area contributed by atoms with E-state index in [0.29, 0.717) is 0 Å². The van der Waals surface area contributed by atoms with Gasteiger partial charge in [0.05, 0.1) is 17.8 Å². The van der Waals surface area contributed by atoms with Gasteiger partial charge in [0, 0.05) is 4.88 Å². The van der Waals surface area contributed by atoms with E-state index in [0.717, 1.165) is 21.7 Å². The SMILES string of the molecule is Cc1ccc([C@H](NC(=O)N[C@H](C)c2ccc(-n3cncn3)cc2)c2cccs2)cc1. The number of urea groups is 1. The van der Waals surface area contributed by atoms with Crippen LogP contribution in [0.3, 0.4) is 0 Å². The number of thiophene rings is 1. The first-order valence-electron chi connectivity index (χ1n) is 9.72. The first kappa shape index (κ1) is 19.8. The summed E-state index contributed by atoms with van der Waals surface area (Å²) in [6, 6.07) is 19.6. The molecule has 7 heteroatoms. The number of aryl methyl sites for hydroxylation is 1. The summed E-state index contributed by atoms with van der Waals surface area (Å²) in [4.78, 5) is 17.8. The predicted octanol–water partition coefficient (Wildman–Crippen LogP) is 4.79. The summed E-state index contributed by atoms with van der Waals surface area (Å²) in [5, 5.41) is 12.3. The molecule has 2 heterocycles. The number of hydrogen-bond donors (Lipinski definition) is 2. The molecule has 0 aliphatic rings. The van der Waals surface area contributed by atoms with Crippen LogP contribution in [0.5, 0.6) is 0 Å². The molecule has 2 aromatic heterocycles. The maximum atomic E-state index is 12.8. The van der Waals surface area contributed by atoms with Gasteiger partial charge in [0.1, 0.15) is 12.7 Å². The molecule has 0 spiro atoms. The first-order valence-corrected chi connectivity index (χ1v) is 10.6. The minimum absolute atomic E-state index is 0.142. The Labute approximate surface area is 179 Å². The van der Waals surface area contributed by atoms with E-state index in [1.54, 1.807) is 22.3 Å². The minimum atomic E-state index is -0.207. The molecule has 0 aliphatic carbocycles. The highest BCUT2D eigenvalue weighted by molar-refractivity contribution is 7.10. The van der Waals surface area contributed by atoms with E-state index in [1.807, 2.05) is 48.7 Å². The predicted molar refractivity (Wildman–Crippen MR) is 119 cm³/mol. The van der Waals surface area contributed by atoms with E-state index in [4.69, 9.17) is 0 Å². The van der Waals surface area contributed by atoms with E-state index >= 15 is 0 Å². The van der Waals surface area contributed by atoms with Gasteiger partial charge in [0.25, 0.3) is 0 Å². The molecule has 0 saturated heterocycles. The number of nitrogens with zero attached hydrogens (tertiary/aromatic N) is 3. The first-order chi connectivity index (χ1) is 14.6. The molecule has 0 radical (unpaired) electrons. The van der Waals surface area contributed by atoms with Gasteiger partial charge < -0.3 is 10.6 Å². The number of carbonyl (C=O) groups excluding carboxylic acids is 1. The Balaban J connectivity index is 1.44. The van der Waals surface area contributed by atoms with Gasteiger partial charge in [-0.05, 0) is 48.6 Å². The van der Waals surface area contributed by atoms with Crippen LogP contribution in [0.25, 0.3) is 5.69 Å². The lowest BCUT2D eigenvalue weighted by molar-refractivity contribution is 0.236. The third-order valence-corrected chi connectivity index (χ3v) is 5.87. The number of nitrogens with one attached hydrogen (secondary N) is 2. The fourth-order valence-corrected chi connectivity index (χ4v) is 4.05. The molecule has 2 aromatic carbocycles. The number of aromatic nitrogens is 3. The van der Waals surface area contributed by atoms with Crippen molar-refractivity contribution in [1.82, 2.24) is 25.4 Å². The van der Waals surface area contributed by atoms with Crippen LogP contribution >= 0.6 is 11.3 Å². The van der Waals surface area contributed by atoms with E-state index in [1.165, 1.54) is 11.9 Å². The topological polar surface area (TPSA) is 71.8 Å². The number of hydrogen-bond acceptors (Lipinski definition) is 4. The summed E-state index contributed by atoms with van der Waals surface area (Å²) >= 11 is 1.63. The molecule has 2 atom stereocenters. The maximum absolute atomic E-state index is 12.8. The number of carbonyl (C=O) groups is 1. The van der Waals surface area contributed by atoms with Crippen LogP contribution in [-0.4, -0.2) is 20.8 Å². The van der Waals surface area contributed by atoms with Crippen LogP contribution in [0.15, 0.2) is 78.7 Å². The molecule has 2 amide bonds. The monoisotopic (exact) mass is 417 g/mol. The molecule has 6 nitrogen and oxygen atoms in total. The van der Waals surface area contributed by atoms with Crippen molar-refractivity contribution in [3.8, 4) is 5.69 Å². The second-order valence-electron chi connectivity index (χ2n) is 7.13. The summed E-state index contributed by atoms with van der Waals surface area (Å²) < 4.78 is 1.70. The third kappa shape index (κ3) is 4.58. The second kappa shape index (κ2) is 8.92. The van der Waals surface area contributed by atoms with Crippen LogP contribution < -0.4 is 10.6 Å². The molecule has 152 valence electrons. The van der Waals surface area contributed by atoms with Crippen molar-refractivity contribution in [3.63, 3.8) is 0 Å². The van der Waals surface area contributed by atoms with Gasteiger partial charge in [-0.3, -0.25) is 0 Å². The van der Waals surface area contributed by atoms with Crippen molar-refractivity contribution in [2.24, 2.45) is 0 Å². The molecule has 2 N–H and O–H groups in total. The third-order valence-electron chi connectivity index (χ3n) is 4.94. The minimum Gasteiger partial charge on any atom is -0.332 e. The summed E-state index contributed by atoms with van der Waals surface area (Å²) in [6.45, 7) is 4.02. The number of benzene rings is 2. The normalized spacial score (nSPS) is 12.9. The zero-order valence-electron chi connectivity index (χ0n) is 16.8. The summed E-state index contributed by atoms with van der Waals surface area (Å²) in [6.07, 6.45) is 3.15. The maximum Gasteiger partial charge on any atom is 0.316 e. The van der Waals surface area contributed by atoms with Gasteiger partial charge in [-0.15, -0.1) is 11.3 Å². The van der Waals surface area contributed by atoms with Gasteiger partial charge in [-0.2, -0.15) is 5.10 Å². The molecule has 0 fully saturated rings. The molecular weight excluding hydrogens is 394 g/mol. The lowest BCUT2D eigenvalue weighted by Crippen LogP contribution is -2.39. The van der Waals surface area contributed by atoms with Crippen LogP contribution in [0.4, 0.5) is 4.79 Å². The summed E-state index contributed by atoms with van der Waals surface area (Å²) in [5.74, 6) is 0.